The molecule has 23 heavy (non-hydrogen) atoms. The average Bonchev–Trinajstić information content (AvgIpc) is 2.61. The summed E-state index contributed by atoms with van der Waals surface area (Å²) in [6.45, 7) is 0.361. The molecule has 0 spiro atoms. The molecule has 2 aromatic carbocycles. The molecule has 1 aliphatic heterocycles. The molecular formula is C18H19NO4. The predicted molar refractivity (Wildman–Crippen MR) is 87.3 cm³/mol. The molecule has 0 aliphatic carbocycles. The lowest BCUT2D eigenvalue weighted by Crippen LogP contribution is -2.32. The van der Waals surface area contributed by atoms with Crippen LogP contribution in [0.15, 0.2) is 42.5 Å². The summed E-state index contributed by atoms with van der Waals surface area (Å²) in [6, 6.07) is 13.0. The van der Waals surface area contributed by atoms with Crippen molar-refractivity contribution in [3.8, 4) is 17.2 Å². The van der Waals surface area contributed by atoms with Gasteiger partial charge in [0.2, 0.25) is 5.91 Å². The maximum absolute atomic E-state index is 12.5. The number of rotatable bonds is 4. The van der Waals surface area contributed by atoms with E-state index in [2.05, 4.69) is 5.32 Å². The molecule has 5 heteroatoms. The number of para-hydroxylation sites is 2. The first-order valence-corrected chi connectivity index (χ1v) is 7.45. The van der Waals surface area contributed by atoms with E-state index in [1.165, 1.54) is 0 Å². The molecule has 1 aliphatic rings. The highest BCUT2D eigenvalue weighted by molar-refractivity contribution is 5.94. The van der Waals surface area contributed by atoms with Gasteiger partial charge in [-0.3, -0.25) is 4.79 Å². The molecule has 0 radical (unpaired) electrons. The Bertz CT molecular complexity index is 714. The Kier molecular flexibility index (Phi) is 4.37. The quantitative estimate of drug-likeness (QED) is 0.943. The number of amides is 1. The molecule has 0 saturated carbocycles. The minimum Gasteiger partial charge on any atom is -0.497 e. The first-order valence-electron chi connectivity index (χ1n) is 7.45. The second-order valence-corrected chi connectivity index (χ2v) is 5.38. The van der Waals surface area contributed by atoms with Crippen molar-refractivity contribution in [2.24, 2.45) is 5.92 Å². The van der Waals surface area contributed by atoms with Crippen LogP contribution in [0.1, 0.15) is 5.56 Å². The second-order valence-electron chi connectivity index (χ2n) is 5.38. The van der Waals surface area contributed by atoms with Gasteiger partial charge in [-0.2, -0.15) is 0 Å². The summed E-state index contributed by atoms with van der Waals surface area (Å²) >= 11 is 0. The van der Waals surface area contributed by atoms with Crippen LogP contribution in [0.3, 0.4) is 0 Å². The number of ether oxygens (including phenoxy) is 3. The third-order valence-corrected chi connectivity index (χ3v) is 3.91. The molecule has 1 amide bonds. The molecule has 0 fully saturated rings. The van der Waals surface area contributed by atoms with Crippen molar-refractivity contribution in [2.75, 3.05) is 26.1 Å². The molecule has 2 aromatic rings. The van der Waals surface area contributed by atoms with Crippen molar-refractivity contribution in [1.82, 2.24) is 0 Å². The second kappa shape index (κ2) is 6.60. The minimum atomic E-state index is -0.250. The van der Waals surface area contributed by atoms with Gasteiger partial charge in [0.05, 0.1) is 25.8 Å². The van der Waals surface area contributed by atoms with E-state index in [1.54, 1.807) is 14.2 Å². The Morgan fingerprint density at radius 1 is 1.17 bits per heavy atom. The van der Waals surface area contributed by atoms with Crippen LogP contribution in [0.2, 0.25) is 0 Å². The van der Waals surface area contributed by atoms with Gasteiger partial charge in [-0.1, -0.05) is 12.1 Å². The monoisotopic (exact) mass is 313 g/mol. The number of hydrogen-bond acceptors (Lipinski definition) is 4. The van der Waals surface area contributed by atoms with Crippen LogP contribution in [0.25, 0.3) is 0 Å². The third-order valence-electron chi connectivity index (χ3n) is 3.91. The molecule has 5 nitrogen and oxygen atoms in total. The minimum absolute atomic E-state index is 0.0806. The Labute approximate surface area is 135 Å². The van der Waals surface area contributed by atoms with Crippen LogP contribution >= 0.6 is 0 Å². The van der Waals surface area contributed by atoms with Crippen LogP contribution in [-0.2, 0) is 11.2 Å². The lowest BCUT2D eigenvalue weighted by molar-refractivity contribution is -0.121. The van der Waals surface area contributed by atoms with Crippen LogP contribution in [-0.4, -0.2) is 26.7 Å². The van der Waals surface area contributed by atoms with Gasteiger partial charge in [0.1, 0.15) is 23.9 Å². The molecule has 1 N–H and O–H groups in total. The van der Waals surface area contributed by atoms with Crippen molar-refractivity contribution in [3.63, 3.8) is 0 Å². The van der Waals surface area contributed by atoms with Crippen LogP contribution < -0.4 is 19.5 Å². The number of nitrogens with one attached hydrogen (secondary N) is 1. The molecule has 1 heterocycles. The average molecular weight is 313 g/mol. The van der Waals surface area contributed by atoms with Gasteiger partial charge < -0.3 is 19.5 Å². The number of benzene rings is 2. The SMILES string of the molecule is COc1ccc2c(c1)C[C@H](C(=O)Nc1ccccc1OC)CO2. The highest BCUT2D eigenvalue weighted by Crippen LogP contribution is 2.31. The molecular weight excluding hydrogens is 294 g/mol. The zero-order valence-electron chi connectivity index (χ0n) is 13.2. The van der Waals surface area contributed by atoms with Gasteiger partial charge in [0, 0.05) is 0 Å². The Morgan fingerprint density at radius 2 is 2.00 bits per heavy atom. The maximum atomic E-state index is 12.5. The van der Waals surface area contributed by atoms with Crippen molar-refractivity contribution in [3.05, 3.63) is 48.0 Å². The molecule has 0 saturated heterocycles. The number of carbonyl (C=O) groups excluding carboxylic acids is 1. The lowest BCUT2D eigenvalue weighted by atomic mass is 9.95. The summed E-state index contributed by atoms with van der Waals surface area (Å²) in [5, 5.41) is 2.92. The molecule has 1 atom stereocenters. The Balaban J connectivity index is 1.74. The summed E-state index contributed by atoms with van der Waals surface area (Å²) in [4.78, 5) is 12.5. The zero-order chi connectivity index (χ0) is 16.2. The van der Waals surface area contributed by atoms with Crippen molar-refractivity contribution < 1.29 is 19.0 Å². The summed E-state index contributed by atoms with van der Waals surface area (Å²) in [7, 11) is 3.20. The number of carbonyl (C=O) groups is 1. The highest BCUT2D eigenvalue weighted by Gasteiger charge is 2.27. The largest absolute Gasteiger partial charge is 0.497 e. The van der Waals surface area contributed by atoms with E-state index >= 15 is 0 Å². The van der Waals surface area contributed by atoms with E-state index < -0.39 is 0 Å². The summed E-state index contributed by atoms with van der Waals surface area (Å²) in [5.74, 6) is 1.88. The van der Waals surface area contributed by atoms with Gasteiger partial charge in [-0.25, -0.2) is 0 Å². The van der Waals surface area contributed by atoms with Crippen LogP contribution in [0.5, 0.6) is 17.2 Å². The van der Waals surface area contributed by atoms with Gasteiger partial charge in [0.15, 0.2) is 0 Å². The Morgan fingerprint density at radius 3 is 2.78 bits per heavy atom. The van der Waals surface area contributed by atoms with E-state index in [1.807, 2.05) is 42.5 Å². The van der Waals surface area contributed by atoms with Gasteiger partial charge in [-0.15, -0.1) is 0 Å². The smallest absolute Gasteiger partial charge is 0.231 e. The van der Waals surface area contributed by atoms with Crippen LogP contribution in [0.4, 0.5) is 5.69 Å². The van der Waals surface area contributed by atoms with Crippen molar-refractivity contribution in [1.29, 1.82) is 0 Å². The van der Waals surface area contributed by atoms with Gasteiger partial charge in [0.25, 0.3) is 0 Å². The van der Waals surface area contributed by atoms with Crippen molar-refractivity contribution >= 4 is 11.6 Å². The standard InChI is InChI=1S/C18H19NO4/c1-21-14-7-8-16-12(10-14)9-13(11-23-16)18(20)19-15-5-3-4-6-17(15)22-2/h3-8,10,13H,9,11H2,1-2H3,(H,19,20)/t13-/m0/s1. The normalized spacial score (nSPS) is 16.0. The van der Waals surface area contributed by atoms with Gasteiger partial charge in [-0.05, 0) is 42.3 Å². The zero-order valence-corrected chi connectivity index (χ0v) is 13.2. The summed E-state index contributed by atoms with van der Waals surface area (Å²) in [6.07, 6.45) is 0.619. The summed E-state index contributed by atoms with van der Waals surface area (Å²) < 4.78 is 16.2. The number of anilines is 1. The third kappa shape index (κ3) is 3.23. The first kappa shape index (κ1) is 15.2. The fourth-order valence-corrected chi connectivity index (χ4v) is 2.65. The van der Waals surface area contributed by atoms with E-state index in [9.17, 15) is 4.79 Å². The first-order chi connectivity index (χ1) is 11.2. The number of methoxy groups -OCH3 is 2. The van der Waals surface area contributed by atoms with E-state index in [0.29, 0.717) is 24.5 Å². The van der Waals surface area contributed by atoms with Gasteiger partial charge >= 0.3 is 0 Å². The predicted octanol–water partition coefficient (Wildman–Crippen LogP) is 2.89. The number of fused-ring (bicyclic) bond motifs is 1. The fourth-order valence-electron chi connectivity index (χ4n) is 2.65. The molecule has 3 rings (SSSR count). The van der Waals surface area contributed by atoms with E-state index in [4.69, 9.17) is 14.2 Å². The van der Waals surface area contributed by atoms with E-state index in [0.717, 1.165) is 17.1 Å². The Hall–Kier alpha value is -2.69. The maximum Gasteiger partial charge on any atom is 0.231 e. The summed E-state index contributed by atoms with van der Waals surface area (Å²) in [5.41, 5.74) is 1.65. The highest BCUT2D eigenvalue weighted by atomic mass is 16.5. The molecule has 0 bridgehead atoms. The molecule has 120 valence electrons. The van der Waals surface area contributed by atoms with Crippen LogP contribution in [0, 0.1) is 5.92 Å². The number of hydrogen-bond donors (Lipinski definition) is 1. The lowest BCUT2D eigenvalue weighted by Gasteiger charge is -2.25. The topological polar surface area (TPSA) is 56.8 Å². The van der Waals surface area contributed by atoms with E-state index in [-0.39, 0.29) is 11.8 Å². The van der Waals surface area contributed by atoms with Crippen molar-refractivity contribution in [2.45, 2.75) is 6.42 Å². The fraction of sp³-hybridized carbons (Fsp3) is 0.278. The molecule has 0 unspecified atom stereocenters. The molecule has 0 aromatic heterocycles.